The van der Waals surface area contributed by atoms with Gasteiger partial charge in [-0.3, -0.25) is 0 Å². The van der Waals surface area contributed by atoms with Crippen LogP contribution in [0.25, 0.3) is 0 Å². The Morgan fingerprint density at radius 3 is 2.69 bits per heavy atom. The van der Waals surface area contributed by atoms with Gasteiger partial charge in [-0.1, -0.05) is 0 Å². The van der Waals surface area contributed by atoms with Crippen molar-refractivity contribution in [1.29, 1.82) is 0 Å². The highest BCUT2D eigenvalue weighted by atomic mass is 19.1. The summed E-state index contributed by atoms with van der Waals surface area (Å²) in [5.74, 6) is -0.603. The van der Waals surface area contributed by atoms with Gasteiger partial charge in [-0.25, -0.2) is 4.39 Å². The van der Waals surface area contributed by atoms with E-state index in [9.17, 15) is 14.5 Å². The van der Waals surface area contributed by atoms with Crippen LogP contribution in [-0.4, -0.2) is 24.9 Å². The number of halogens is 1. The summed E-state index contributed by atoms with van der Waals surface area (Å²) in [5.41, 5.74) is 6.19. The van der Waals surface area contributed by atoms with Gasteiger partial charge in [0.2, 0.25) is 17.6 Å². The molecule has 11 heteroatoms. The lowest BCUT2D eigenvalue weighted by atomic mass is 10.3. The lowest BCUT2D eigenvalue weighted by Crippen LogP contribution is -2.10. The van der Waals surface area contributed by atoms with Crippen LogP contribution in [0.1, 0.15) is 5.82 Å². The van der Waals surface area contributed by atoms with Crippen molar-refractivity contribution in [3.8, 4) is 5.75 Å². The average Bonchev–Trinajstić information content (AvgIpc) is 2.62. The second-order valence-corrected chi connectivity index (χ2v) is 4.94. The summed E-state index contributed by atoms with van der Waals surface area (Å²) in [6, 6.07) is 8.48. The number of hydrogen-bond donors (Lipinski definition) is 2. The van der Waals surface area contributed by atoms with Gasteiger partial charge in [0.25, 0.3) is 0 Å². The predicted molar refractivity (Wildman–Crippen MR) is 89.1 cm³/mol. The van der Waals surface area contributed by atoms with Gasteiger partial charge in [-0.15, -0.1) is 0 Å². The first-order valence-electron chi connectivity index (χ1n) is 7.26. The van der Waals surface area contributed by atoms with E-state index in [4.69, 9.17) is 10.5 Å². The summed E-state index contributed by atoms with van der Waals surface area (Å²) >= 11 is 0. The fraction of sp³-hybridized carbons (Fsp3) is 0.0667. The van der Waals surface area contributed by atoms with Crippen LogP contribution in [0.3, 0.4) is 0 Å². The SMILES string of the molecule is Nc1nc(COc2cccnc2[N+](=O)[O-])nc(Nc2ccc(F)cc2)n1. The van der Waals surface area contributed by atoms with Crippen molar-refractivity contribution >= 4 is 23.4 Å². The number of nitro groups is 1. The van der Waals surface area contributed by atoms with Gasteiger partial charge < -0.3 is 25.9 Å². The van der Waals surface area contributed by atoms with Crippen molar-refractivity contribution < 1.29 is 14.1 Å². The van der Waals surface area contributed by atoms with E-state index in [-0.39, 0.29) is 35.9 Å². The van der Waals surface area contributed by atoms with E-state index in [1.54, 1.807) is 0 Å². The minimum atomic E-state index is -0.654. The molecule has 0 saturated carbocycles. The van der Waals surface area contributed by atoms with Crippen molar-refractivity contribution in [2.75, 3.05) is 11.1 Å². The second kappa shape index (κ2) is 7.34. The molecule has 0 fully saturated rings. The molecule has 0 atom stereocenters. The van der Waals surface area contributed by atoms with Crippen LogP contribution < -0.4 is 15.8 Å². The molecule has 0 saturated heterocycles. The molecule has 3 rings (SSSR count). The van der Waals surface area contributed by atoms with Crippen LogP contribution in [0.4, 0.5) is 27.8 Å². The lowest BCUT2D eigenvalue weighted by Gasteiger charge is -2.08. The number of hydrogen-bond acceptors (Lipinski definition) is 9. The first kappa shape index (κ1) is 17.0. The Bertz CT molecular complexity index is 937. The number of anilines is 3. The Labute approximate surface area is 146 Å². The van der Waals surface area contributed by atoms with Gasteiger partial charge in [0, 0.05) is 5.69 Å². The van der Waals surface area contributed by atoms with Gasteiger partial charge in [0.1, 0.15) is 18.6 Å². The summed E-state index contributed by atoms with van der Waals surface area (Å²) in [6.07, 6.45) is 1.29. The Morgan fingerprint density at radius 1 is 1.19 bits per heavy atom. The zero-order valence-electron chi connectivity index (χ0n) is 13.2. The Morgan fingerprint density at radius 2 is 1.96 bits per heavy atom. The molecule has 3 aromatic rings. The molecule has 0 unspecified atom stereocenters. The number of ether oxygens (including phenoxy) is 1. The Hall–Kier alpha value is -3.89. The van der Waals surface area contributed by atoms with Crippen molar-refractivity contribution in [2.45, 2.75) is 6.61 Å². The highest BCUT2D eigenvalue weighted by molar-refractivity contribution is 5.53. The Balaban J connectivity index is 1.76. The normalized spacial score (nSPS) is 10.3. The van der Waals surface area contributed by atoms with Crippen molar-refractivity contribution in [2.24, 2.45) is 0 Å². The van der Waals surface area contributed by atoms with E-state index >= 15 is 0 Å². The van der Waals surface area contributed by atoms with Crippen LogP contribution in [0.15, 0.2) is 42.6 Å². The van der Waals surface area contributed by atoms with Gasteiger partial charge in [0.05, 0.1) is 0 Å². The molecular formula is C15H12FN7O3. The monoisotopic (exact) mass is 357 g/mol. The standard InChI is InChI=1S/C15H12FN7O3/c16-9-3-5-10(6-4-9)19-15-21-12(20-14(17)22-15)8-26-11-2-1-7-18-13(11)23(24)25/h1-7H,8H2,(H3,17,19,20,21,22). The number of aromatic nitrogens is 4. The minimum Gasteiger partial charge on any atom is -0.477 e. The Kier molecular flexibility index (Phi) is 4.78. The maximum atomic E-state index is 12.9. The van der Waals surface area contributed by atoms with E-state index in [2.05, 4.69) is 25.3 Å². The van der Waals surface area contributed by atoms with Crippen LogP contribution in [0.2, 0.25) is 0 Å². The third-order valence-corrected chi connectivity index (χ3v) is 3.08. The third kappa shape index (κ3) is 4.14. The molecule has 0 radical (unpaired) electrons. The molecule has 2 aromatic heterocycles. The smallest absolute Gasteiger partial charge is 0.406 e. The van der Waals surface area contributed by atoms with Gasteiger partial charge >= 0.3 is 5.82 Å². The first-order chi connectivity index (χ1) is 12.5. The molecule has 0 spiro atoms. The molecule has 0 aliphatic heterocycles. The quantitative estimate of drug-likeness (QED) is 0.501. The molecule has 0 aliphatic rings. The van der Waals surface area contributed by atoms with Crippen LogP contribution in [0, 0.1) is 15.9 Å². The number of nitrogens with zero attached hydrogens (tertiary/aromatic N) is 5. The van der Waals surface area contributed by atoms with Crippen LogP contribution in [-0.2, 0) is 6.61 Å². The van der Waals surface area contributed by atoms with Crippen LogP contribution >= 0.6 is 0 Å². The van der Waals surface area contributed by atoms with Gasteiger partial charge in [-0.2, -0.15) is 15.0 Å². The number of rotatable bonds is 6. The molecule has 132 valence electrons. The van der Waals surface area contributed by atoms with Crippen molar-refractivity contribution in [3.05, 3.63) is 64.4 Å². The highest BCUT2D eigenvalue weighted by Crippen LogP contribution is 2.23. The second-order valence-electron chi connectivity index (χ2n) is 4.94. The molecule has 2 heterocycles. The highest BCUT2D eigenvalue weighted by Gasteiger charge is 2.16. The largest absolute Gasteiger partial charge is 0.477 e. The summed E-state index contributed by atoms with van der Waals surface area (Å²) in [6.45, 7) is -0.183. The maximum Gasteiger partial charge on any atom is 0.406 e. The number of pyridine rings is 1. The third-order valence-electron chi connectivity index (χ3n) is 3.08. The zero-order chi connectivity index (χ0) is 18.5. The van der Waals surface area contributed by atoms with E-state index in [0.29, 0.717) is 5.69 Å². The van der Waals surface area contributed by atoms with Gasteiger partial charge in [-0.05, 0) is 46.3 Å². The molecule has 26 heavy (non-hydrogen) atoms. The molecule has 0 amide bonds. The molecule has 0 bridgehead atoms. The van der Waals surface area contributed by atoms with Crippen molar-refractivity contribution in [1.82, 2.24) is 19.9 Å². The minimum absolute atomic E-state index is 0.0236. The molecule has 1 aromatic carbocycles. The molecule has 3 N–H and O–H groups in total. The van der Waals surface area contributed by atoms with Crippen LogP contribution in [0.5, 0.6) is 5.75 Å². The number of nitrogens with two attached hydrogens (primary N) is 1. The fourth-order valence-corrected chi connectivity index (χ4v) is 2.00. The molecule has 0 aliphatic carbocycles. The van der Waals surface area contributed by atoms with Crippen molar-refractivity contribution in [3.63, 3.8) is 0 Å². The number of nitrogen functional groups attached to an aromatic ring is 1. The molecular weight excluding hydrogens is 345 g/mol. The average molecular weight is 357 g/mol. The number of benzene rings is 1. The van der Waals surface area contributed by atoms with E-state index in [1.807, 2.05) is 0 Å². The fourth-order valence-electron chi connectivity index (χ4n) is 2.00. The first-order valence-corrected chi connectivity index (χ1v) is 7.26. The predicted octanol–water partition coefficient (Wildman–Crippen LogP) is 2.22. The van der Waals surface area contributed by atoms with E-state index in [0.717, 1.165) is 0 Å². The summed E-state index contributed by atoms with van der Waals surface area (Å²) in [7, 11) is 0. The van der Waals surface area contributed by atoms with Gasteiger partial charge in [0.15, 0.2) is 5.82 Å². The lowest BCUT2D eigenvalue weighted by molar-refractivity contribution is -0.390. The zero-order valence-corrected chi connectivity index (χ0v) is 13.2. The summed E-state index contributed by atoms with van der Waals surface area (Å²) in [4.78, 5) is 25.9. The van der Waals surface area contributed by atoms with E-state index in [1.165, 1.54) is 42.6 Å². The van der Waals surface area contributed by atoms with E-state index < -0.39 is 10.7 Å². The summed E-state index contributed by atoms with van der Waals surface area (Å²) in [5, 5.41) is 13.8. The molecule has 10 nitrogen and oxygen atoms in total. The maximum absolute atomic E-state index is 12.9. The number of nitrogens with one attached hydrogen (secondary N) is 1. The summed E-state index contributed by atoms with van der Waals surface area (Å²) < 4.78 is 18.3. The topological polar surface area (TPSA) is 142 Å².